The van der Waals surface area contributed by atoms with Crippen LogP contribution < -0.4 is 11.1 Å². The van der Waals surface area contributed by atoms with Crippen LogP contribution in [0.2, 0.25) is 0 Å². The maximum Gasteiger partial charge on any atom is 0.235 e. The van der Waals surface area contributed by atoms with Crippen molar-refractivity contribution in [3.05, 3.63) is 0 Å². The monoisotopic (exact) mass is 222 g/mol. The van der Waals surface area contributed by atoms with E-state index in [0.717, 1.165) is 0 Å². The van der Waals surface area contributed by atoms with Gasteiger partial charge in [0.1, 0.15) is 5.75 Å². The molecule has 0 aromatic heterocycles. The Bertz CT molecular complexity index is 272. The lowest BCUT2D eigenvalue weighted by Crippen LogP contribution is -2.35. The van der Waals surface area contributed by atoms with Crippen LogP contribution in [0.1, 0.15) is 13.8 Å². The highest BCUT2D eigenvalue weighted by Crippen LogP contribution is 2.00. The van der Waals surface area contributed by atoms with Gasteiger partial charge in [0.25, 0.3) is 0 Å². The molecule has 3 N–H and O–H groups in total. The molecule has 0 aliphatic carbocycles. The molecule has 1 amide bonds. The van der Waals surface area contributed by atoms with Crippen molar-refractivity contribution in [2.24, 2.45) is 11.7 Å². The standard InChI is InChI=1S/C8H18N2O3S/c1-7(2)5-14(12,13)6-8(11)10-4-3-9/h7H,3-6,9H2,1-2H3,(H,10,11). The molecule has 5 nitrogen and oxygen atoms in total. The lowest BCUT2D eigenvalue weighted by Gasteiger charge is -2.06. The van der Waals surface area contributed by atoms with Crippen molar-refractivity contribution in [3.63, 3.8) is 0 Å². The second-order valence-corrected chi connectivity index (χ2v) is 5.70. The zero-order chi connectivity index (χ0) is 11.2. The average molecular weight is 222 g/mol. The molecule has 0 saturated heterocycles. The van der Waals surface area contributed by atoms with E-state index in [0.29, 0.717) is 13.1 Å². The van der Waals surface area contributed by atoms with E-state index in [2.05, 4.69) is 5.32 Å². The Hall–Kier alpha value is -0.620. The van der Waals surface area contributed by atoms with E-state index < -0.39 is 21.5 Å². The van der Waals surface area contributed by atoms with E-state index in [9.17, 15) is 13.2 Å². The highest BCUT2D eigenvalue weighted by molar-refractivity contribution is 7.92. The maximum atomic E-state index is 11.3. The lowest BCUT2D eigenvalue weighted by atomic mass is 10.3. The second kappa shape index (κ2) is 5.98. The molecule has 0 fully saturated rings. The summed E-state index contributed by atoms with van der Waals surface area (Å²) in [5.74, 6) is -0.827. The Kier molecular flexibility index (Phi) is 5.71. The Morgan fingerprint density at radius 1 is 1.43 bits per heavy atom. The molecule has 0 unspecified atom stereocenters. The van der Waals surface area contributed by atoms with E-state index in [1.165, 1.54) is 0 Å². The minimum atomic E-state index is -3.26. The van der Waals surface area contributed by atoms with Crippen LogP contribution in [0.4, 0.5) is 0 Å². The van der Waals surface area contributed by atoms with Gasteiger partial charge in [-0.15, -0.1) is 0 Å². The molecule has 6 heteroatoms. The van der Waals surface area contributed by atoms with Gasteiger partial charge in [-0.1, -0.05) is 13.8 Å². The summed E-state index contributed by atoms with van der Waals surface area (Å²) >= 11 is 0. The Balaban J connectivity index is 4.03. The largest absolute Gasteiger partial charge is 0.354 e. The lowest BCUT2D eigenvalue weighted by molar-refractivity contribution is -0.118. The third-order valence-electron chi connectivity index (χ3n) is 1.40. The van der Waals surface area contributed by atoms with Gasteiger partial charge in [0.15, 0.2) is 9.84 Å². The smallest absolute Gasteiger partial charge is 0.235 e. The third kappa shape index (κ3) is 6.85. The summed E-state index contributed by atoms with van der Waals surface area (Å²) in [6.45, 7) is 4.23. The van der Waals surface area contributed by atoms with Gasteiger partial charge in [-0.05, 0) is 5.92 Å². The number of nitrogens with two attached hydrogens (primary N) is 1. The minimum absolute atomic E-state index is 0.0438. The number of sulfone groups is 1. The highest BCUT2D eigenvalue weighted by atomic mass is 32.2. The molecule has 0 bridgehead atoms. The van der Waals surface area contributed by atoms with Gasteiger partial charge in [0.2, 0.25) is 5.91 Å². The van der Waals surface area contributed by atoms with Crippen molar-refractivity contribution in [3.8, 4) is 0 Å². The molecule has 84 valence electrons. The fourth-order valence-electron chi connectivity index (χ4n) is 1.03. The quantitative estimate of drug-likeness (QED) is 0.611. The van der Waals surface area contributed by atoms with E-state index in [-0.39, 0.29) is 11.7 Å². The van der Waals surface area contributed by atoms with Crippen LogP contribution in [-0.4, -0.2) is 38.9 Å². The van der Waals surface area contributed by atoms with E-state index in [1.807, 2.05) is 0 Å². The van der Waals surface area contributed by atoms with Crippen molar-refractivity contribution in [1.29, 1.82) is 0 Å². The molecule has 0 heterocycles. The van der Waals surface area contributed by atoms with Gasteiger partial charge in [0.05, 0.1) is 5.75 Å². The van der Waals surface area contributed by atoms with Crippen LogP contribution in [0.15, 0.2) is 0 Å². The van der Waals surface area contributed by atoms with Crippen molar-refractivity contribution in [1.82, 2.24) is 5.32 Å². The van der Waals surface area contributed by atoms with Crippen molar-refractivity contribution in [2.75, 3.05) is 24.6 Å². The number of amides is 1. The summed E-state index contributed by atoms with van der Waals surface area (Å²) < 4.78 is 22.6. The minimum Gasteiger partial charge on any atom is -0.354 e. The predicted molar refractivity (Wildman–Crippen MR) is 55.6 cm³/mol. The van der Waals surface area contributed by atoms with Crippen LogP contribution in [0.5, 0.6) is 0 Å². The molecule has 0 aromatic rings. The molecule has 0 atom stereocenters. The molecule has 0 saturated carbocycles. The second-order valence-electron chi connectivity index (χ2n) is 3.59. The Morgan fingerprint density at radius 3 is 2.43 bits per heavy atom. The summed E-state index contributed by atoms with van der Waals surface area (Å²) in [6, 6.07) is 0. The number of hydrogen-bond donors (Lipinski definition) is 2. The van der Waals surface area contributed by atoms with Gasteiger partial charge >= 0.3 is 0 Å². The molecular formula is C8H18N2O3S. The zero-order valence-electron chi connectivity index (χ0n) is 8.62. The molecule has 0 rings (SSSR count). The van der Waals surface area contributed by atoms with Crippen molar-refractivity contribution >= 4 is 15.7 Å². The summed E-state index contributed by atoms with van der Waals surface area (Å²) in [4.78, 5) is 11.1. The fourth-order valence-corrected chi connectivity index (χ4v) is 2.66. The number of rotatable bonds is 6. The van der Waals surface area contributed by atoms with Crippen LogP contribution >= 0.6 is 0 Å². The molecule has 0 aromatic carbocycles. The van der Waals surface area contributed by atoms with Crippen LogP contribution in [-0.2, 0) is 14.6 Å². The average Bonchev–Trinajstić information content (AvgIpc) is 1.96. The SMILES string of the molecule is CC(C)CS(=O)(=O)CC(=O)NCCN. The van der Waals surface area contributed by atoms with Crippen LogP contribution in [0.3, 0.4) is 0 Å². The highest BCUT2D eigenvalue weighted by Gasteiger charge is 2.17. The molecule has 0 aliphatic heterocycles. The molecule has 14 heavy (non-hydrogen) atoms. The van der Waals surface area contributed by atoms with Gasteiger partial charge in [-0.3, -0.25) is 4.79 Å². The number of carbonyl (C=O) groups is 1. The number of nitrogens with one attached hydrogen (secondary N) is 1. The first-order valence-electron chi connectivity index (χ1n) is 4.54. The van der Waals surface area contributed by atoms with Gasteiger partial charge < -0.3 is 11.1 Å². The third-order valence-corrected chi connectivity index (χ3v) is 3.28. The number of carbonyl (C=O) groups excluding carboxylic acids is 1. The van der Waals surface area contributed by atoms with Gasteiger partial charge in [0, 0.05) is 13.1 Å². The zero-order valence-corrected chi connectivity index (χ0v) is 9.43. The van der Waals surface area contributed by atoms with Crippen LogP contribution in [0.25, 0.3) is 0 Å². The molecule has 0 aliphatic rings. The summed E-state index contributed by atoms with van der Waals surface area (Å²) in [5.41, 5.74) is 5.16. The first-order valence-corrected chi connectivity index (χ1v) is 6.36. The van der Waals surface area contributed by atoms with Crippen molar-refractivity contribution in [2.45, 2.75) is 13.8 Å². The summed E-state index contributed by atoms with van der Waals surface area (Å²) in [7, 11) is -3.26. The number of hydrogen-bond acceptors (Lipinski definition) is 4. The van der Waals surface area contributed by atoms with Gasteiger partial charge in [-0.2, -0.15) is 0 Å². The van der Waals surface area contributed by atoms with Crippen LogP contribution in [0, 0.1) is 5.92 Å². The fraction of sp³-hybridized carbons (Fsp3) is 0.875. The van der Waals surface area contributed by atoms with E-state index in [1.54, 1.807) is 13.8 Å². The summed E-state index contributed by atoms with van der Waals surface area (Å²) in [5, 5.41) is 2.42. The predicted octanol–water partition coefficient (Wildman–Crippen LogP) is -0.868. The molecular weight excluding hydrogens is 204 g/mol. The Morgan fingerprint density at radius 2 is 2.00 bits per heavy atom. The molecule has 0 spiro atoms. The Labute approximate surface area is 85.0 Å². The first-order chi connectivity index (χ1) is 6.37. The maximum absolute atomic E-state index is 11.3. The van der Waals surface area contributed by atoms with Gasteiger partial charge in [-0.25, -0.2) is 8.42 Å². The van der Waals surface area contributed by atoms with E-state index in [4.69, 9.17) is 5.73 Å². The normalized spacial score (nSPS) is 11.7. The first kappa shape index (κ1) is 13.4. The summed E-state index contributed by atoms with van der Waals surface area (Å²) in [6.07, 6.45) is 0. The molecule has 0 radical (unpaired) electrons. The topological polar surface area (TPSA) is 89.3 Å². The van der Waals surface area contributed by atoms with Crippen molar-refractivity contribution < 1.29 is 13.2 Å². The van der Waals surface area contributed by atoms with E-state index >= 15 is 0 Å².